The van der Waals surface area contributed by atoms with E-state index < -0.39 is 11.9 Å². The molecule has 2 heterocycles. The van der Waals surface area contributed by atoms with Crippen molar-refractivity contribution >= 4 is 17.4 Å². The highest BCUT2D eigenvalue weighted by molar-refractivity contribution is 5.98. The van der Waals surface area contributed by atoms with E-state index in [2.05, 4.69) is 21.8 Å². The zero-order valence-corrected chi connectivity index (χ0v) is 26.2. The molecule has 234 valence electrons. The van der Waals surface area contributed by atoms with E-state index in [-0.39, 0.29) is 18.6 Å². The SMILES string of the molecule is CCCCCCCOc1ccc(-c2cnc(-c3ccc(C[C@H](CC(=O)c4cccc(N5CCCC5)c4)C(=O)O)cc3)nc2)cc1. The first-order valence-corrected chi connectivity index (χ1v) is 16.3. The van der Waals surface area contributed by atoms with Crippen LogP contribution < -0.4 is 9.64 Å². The fourth-order valence-corrected chi connectivity index (χ4v) is 5.78. The van der Waals surface area contributed by atoms with Crippen LogP contribution >= 0.6 is 0 Å². The van der Waals surface area contributed by atoms with Gasteiger partial charge in [-0.1, -0.05) is 81.1 Å². The molecule has 1 atom stereocenters. The van der Waals surface area contributed by atoms with Crippen LogP contribution in [-0.2, 0) is 11.2 Å². The molecule has 0 amide bonds. The normalized spacial score (nSPS) is 13.5. The van der Waals surface area contributed by atoms with Crippen molar-refractivity contribution in [3.63, 3.8) is 0 Å². The van der Waals surface area contributed by atoms with Crippen molar-refractivity contribution in [2.75, 3.05) is 24.6 Å². The summed E-state index contributed by atoms with van der Waals surface area (Å²) < 4.78 is 5.88. The monoisotopic (exact) mass is 605 g/mol. The van der Waals surface area contributed by atoms with Crippen molar-refractivity contribution in [3.05, 3.63) is 96.3 Å². The van der Waals surface area contributed by atoms with Crippen LogP contribution in [0.1, 0.15) is 74.2 Å². The van der Waals surface area contributed by atoms with E-state index in [1.54, 1.807) is 6.07 Å². The van der Waals surface area contributed by atoms with E-state index in [1.165, 1.54) is 25.7 Å². The number of aromatic nitrogens is 2. The molecule has 0 saturated carbocycles. The molecule has 45 heavy (non-hydrogen) atoms. The van der Waals surface area contributed by atoms with Crippen molar-refractivity contribution < 1.29 is 19.4 Å². The van der Waals surface area contributed by atoms with Crippen LogP contribution in [0, 0.1) is 5.92 Å². The lowest BCUT2D eigenvalue weighted by Gasteiger charge is -2.18. The topological polar surface area (TPSA) is 92.6 Å². The highest BCUT2D eigenvalue weighted by Crippen LogP contribution is 2.26. The van der Waals surface area contributed by atoms with Crippen LogP contribution in [0.5, 0.6) is 5.75 Å². The van der Waals surface area contributed by atoms with Gasteiger partial charge in [0, 0.05) is 54.3 Å². The summed E-state index contributed by atoms with van der Waals surface area (Å²) in [5.41, 5.74) is 5.23. The Bertz CT molecular complexity index is 1530. The zero-order chi connectivity index (χ0) is 31.4. The predicted molar refractivity (Wildman–Crippen MR) is 179 cm³/mol. The summed E-state index contributed by atoms with van der Waals surface area (Å²) in [6.45, 7) is 4.94. The van der Waals surface area contributed by atoms with Gasteiger partial charge in [-0.2, -0.15) is 0 Å². The molecular weight excluding hydrogens is 562 g/mol. The minimum absolute atomic E-state index is 0.0444. The first-order valence-electron chi connectivity index (χ1n) is 16.3. The number of ketones is 1. The maximum Gasteiger partial charge on any atom is 0.307 e. The van der Waals surface area contributed by atoms with Gasteiger partial charge in [-0.25, -0.2) is 9.97 Å². The minimum Gasteiger partial charge on any atom is -0.494 e. The Hall–Kier alpha value is -4.52. The van der Waals surface area contributed by atoms with Crippen molar-refractivity contribution in [2.24, 2.45) is 5.92 Å². The van der Waals surface area contributed by atoms with E-state index in [0.29, 0.717) is 11.4 Å². The van der Waals surface area contributed by atoms with Crippen molar-refractivity contribution in [1.82, 2.24) is 9.97 Å². The van der Waals surface area contributed by atoms with E-state index in [9.17, 15) is 14.7 Å². The largest absolute Gasteiger partial charge is 0.494 e. The first-order chi connectivity index (χ1) is 22.0. The number of nitrogens with zero attached hydrogens (tertiary/aromatic N) is 3. The predicted octanol–water partition coefficient (Wildman–Crippen LogP) is 8.28. The summed E-state index contributed by atoms with van der Waals surface area (Å²) in [6, 6.07) is 23.2. The van der Waals surface area contributed by atoms with Gasteiger partial charge in [0.1, 0.15) is 5.75 Å². The Balaban J connectivity index is 1.15. The van der Waals surface area contributed by atoms with E-state index in [0.717, 1.165) is 72.6 Å². The lowest BCUT2D eigenvalue weighted by atomic mass is 9.91. The average molecular weight is 606 g/mol. The van der Waals surface area contributed by atoms with Gasteiger partial charge in [-0.3, -0.25) is 9.59 Å². The fourth-order valence-electron chi connectivity index (χ4n) is 5.78. The van der Waals surface area contributed by atoms with Crippen LogP contribution in [0.2, 0.25) is 0 Å². The summed E-state index contributed by atoms with van der Waals surface area (Å²) in [4.78, 5) is 36.6. The molecule has 3 aromatic carbocycles. The van der Waals surface area contributed by atoms with Gasteiger partial charge in [0.2, 0.25) is 0 Å². The molecule has 0 radical (unpaired) electrons. The Morgan fingerprint density at radius 2 is 1.53 bits per heavy atom. The molecule has 4 aromatic rings. The molecule has 1 aliphatic rings. The second kappa shape index (κ2) is 16.0. The van der Waals surface area contributed by atoms with E-state index in [4.69, 9.17) is 4.74 Å². The summed E-state index contributed by atoms with van der Waals surface area (Å²) in [5, 5.41) is 9.91. The summed E-state index contributed by atoms with van der Waals surface area (Å²) in [6.07, 6.45) is 12.2. The maximum absolute atomic E-state index is 13.1. The Morgan fingerprint density at radius 1 is 0.844 bits per heavy atom. The van der Waals surface area contributed by atoms with Crippen molar-refractivity contribution in [1.29, 1.82) is 0 Å². The molecule has 1 aromatic heterocycles. The number of hydrogen-bond acceptors (Lipinski definition) is 6. The van der Waals surface area contributed by atoms with Gasteiger partial charge in [-0.15, -0.1) is 0 Å². The smallest absolute Gasteiger partial charge is 0.307 e. The molecule has 1 fully saturated rings. The summed E-state index contributed by atoms with van der Waals surface area (Å²) >= 11 is 0. The van der Waals surface area contributed by atoms with Gasteiger partial charge in [-0.05, 0) is 61.1 Å². The molecule has 7 nitrogen and oxygen atoms in total. The second-order valence-corrected chi connectivity index (χ2v) is 11.9. The number of anilines is 1. The van der Waals surface area contributed by atoms with Gasteiger partial charge >= 0.3 is 5.97 Å². The number of rotatable bonds is 16. The number of benzene rings is 3. The third-order valence-corrected chi connectivity index (χ3v) is 8.47. The standard InChI is InChI=1S/C38H43N3O4/c1-2-3-4-5-8-22-45-35-18-16-29(17-19-35)33-26-39-37(40-27-33)30-14-12-28(13-15-30)23-32(38(43)44)25-36(42)31-10-9-11-34(24-31)41-20-6-7-21-41/h9-19,24,26-27,32H,2-8,20-23,25H2,1H3,(H,43,44)/t32-/m1/s1. The number of carbonyl (C=O) groups excluding carboxylic acids is 1. The Labute approximate surface area is 266 Å². The molecule has 7 heteroatoms. The highest BCUT2D eigenvalue weighted by Gasteiger charge is 2.23. The number of hydrogen-bond donors (Lipinski definition) is 1. The van der Waals surface area contributed by atoms with Crippen LogP contribution in [-0.4, -0.2) is 46.5 Å². The number of aliphatic carboxylic acids is 1. The van der Waals surface area contributed by atoms with E-state index >= 15 is 0 Å². The van der Waals surface area contributed by atoms with Gasteiger partial charge in [0.15, 0.2) is 11.6 Å². The summed E-state index contributed by atoms with van der Waals surface area (Å²) in [7, 11) is 0. The van der Waals surface area contributed by atoms with E-state index in [1.807, 2.05) is 79.1 Å². The lowest BCUT2D eigenvalue weighted by Crippen LogP contribution is -2.21. The maximum atomic E-state index is 13.1. The molecular formula is C38H43N3O4. The molecule has 5 rings (SSSR count). The first kappa shape index (κ1) is 31.9. The number of unbranched alkanes of at least 4 members (excludes halogenated alkanes) is 4. The quantitative estimate of drug-likeness (QED) is 0.101. The van der Waals surface area contributed by atoms with Crippen LogP contribution in [0.3, 0.4) is 0 Å². The molecule has 0 unspecified atom stereocenters. The summed E-state index contributed by atoms with van der Waals surface area (Å²) in [5.74, 6) is -0.459. The van der Waals surface area contributed by atoms with Gasteiger partial charge in [0.05, 0.1) is 12.5 Å². The number of ether oxygens (including phenoxy) is 1. The third kappa shape index (κ3) is 9.00. The van der Waals surface area contributed by atoms with Crippen molar-refractivity contribution in [3.8, 4) is 28.3 Å². The molecule has 1 N–H and O–H groups in total. The second-order valence-electron chi connectivity index (χ2n) is 11.9. The zero-order valence-electron chi connectivity index (χ0n) is 26.2. The molecule has 0 spiro atoms. The van der Waals surface area contributed by atoms with Gasteiger partial charge in [0.25, 0.3) is 0 Å². The molecule has 0 aliphatic carbocycles. The number of carboxylic acids is 1. The minimum atomic E-state index is -0.968. The molecule has 1 saturated heterocycles. The van der Waals surface area contributed by atoms with Crippen molar-refractivity contribution in [2.45, 2.75) is 64.7 Å². The van der Waals surface area contributed by atoms with Crippen LogP contribution in [0.4, 0.5) is 5.69 Å². The Morgan fingerprint density at radius 3 is 2.22 bits per heavy atom. The fraction of sp³-hybridized carbons (Fsp3) is 0.368. The number of carbonyl (C=O) groups is 2. The third-order valence-electron chi connectivity index (χ3n) is 8.47. The lowest BCUT2D eigenvalue weighted by molar-refractivity contribution is -0.141. The Kier molecular flexibility index (Phi) is 11.3. The average Bonchev–Trinajstić information content (AvgIpc) is 3.62. The number of Topliss-reactive ketones (excluding diaryl/α,β-unsaturated/α-hetero) is 1. The van der Waals surface area contributed by atoms with Crippen LogP contribution in [0.25, 0.3) is 22.5 Å². The highest BCUT2D eigenvalue weighted by atomic mass is 16.5. The van der Waals surface area contributed by atoms with Gasteiger partial charge < -0.3 is 14.7 Å². The number of carboxylic acid groups (broad SMARTS) is 1. The van der Waals surface area contributed by atoms with Crippen LogP contribution in [0.15, 0.2) is 85.2 Å². The molecule has 1 aliphatic heterocycles. The molecule has 0 bridgehead atoms.